The minimum Gasteiger partial charge on any atom is -0.461 e. The molecule has 0 fully saturated rings. The average molecular weight is 313 g/mol. The van der Waals surface area contributed by atoms with Crippen LogP contribution in [-0.4, -0.2) is 41.8 Å². The Bertz CT molecular complexity index is 377. The standard InChI is InChI=1S/C17H31NO4/c1-7-16(22-14(6)19)11-18(17(21)13(4)5)9-8-15(20)10-12(2)3/h12-13,16H,7-11H2,1-6H3. The summed E-state index contributed by atoms with van der Waals surface area (Å²) in [5.74, 6) is -0.0130. The highest BCUT2D eigenvalue weighted by molar-refractivity contribution is 5.81. The second-order valence-corrected chi connectivity index (χ2v) is 6.47. The Balaban J connectivity index is 4.72. The first-order chi connectivity index (χ1) is 10.2. The van der Waals surface area contributed by atoms with Gasteiger partial charge >= 0.3 is 5.97 Å². The van der Waals surface area contributed by atoms with E-state index >= 15 is 0 Å². The van der Waals surface area contributed by atoms with E-state index in [1.165, 1.54) is 6.92 Å². The van der Waals surface area contributed by atoms with Crippen LogP contribution < -0.4 is 0 Å². The van der Waals surface area contributed by atoms with Crippen molar-refractivity contribution in [3.05, 3.63) is 0 Å². The van der Waals surface area contributed by atoms with Crippen LogP contribution in [-0.2, 0) is 19.1 Å². The van der Waals surface area contributed by atoms with E-state index in [-0.39, 0.29) is 29.7 Å². The van der Waals surface area contributed by atoms with Crippen molar-refractivity contribution in [3.8, 4) is 0 Å². The number of hydrogen-bond acceptors (Lipinski definition) is 4. The average Bonchev–Trinajstić information content (AvgIpc) is 2.39. The van der Waals surface area contributed by atoms with Crippen LogP contribution in [0.5, 0.6) is 0 Å². The molecule has 0 rings (SSSR count). The molecule has 0 aliphatic rings. The fourth-order valence-electron chi connectivity index (χ4n) is 2.20. The summed E-state index contributed by atoms with van der Waals surface area (Å²) >= 11 is 0. The van der Waals surface area contributed by atoms with E-state index in [1.807, 2.05) is 34.6 Å². The quantitative estimate of drug-likeness (QED) is 0.582. The second kappa shape index (κ2) is 10.4. The molecule has 1 amide bonds. The van der Waals surface area contributed by atoms with Crippen molar-refractivity contribution in [1.82, 2.24) is 4.90 Å². The Labute approximate surface area is 134 Å². The molecule has 0 aliphatic heterocycles. The van der Waals surface area contributed by atoms with Crippen molar-refractivity contribution < 1.29 is 19.1 Å². The third kappa shape index (κ3) is 8.80. The molecule has 5 nitrogen and oxygen atoms in total. The van der Waals surface area contributed by atoms with Gasteiger partial charge in [-0.1, -0.05) is 34.6 Å². The molecule has 0 bridgehead atoms. The number of carbonyl (C=O) groups excluding carboxylic acids is 3. The topological polar surface area (TPSA) is 63.7 Å². The summed E-state index contributed by atoms with van der Waals surface area (Å²) in [6.45, 7) is 11.7. The Hall–Kier alpha value is -1.39. The highest BCUT2D eigenvalue weighted by Crippen LogP contribution is 2.10. The van der Waals surface area contributed by atoms with E-state index in [0.717, 1.165) is 0 Å². The number of ether oxygens (including phenoxy) is 1. The second-order valence-electron chi connectivity index (χ2n) is 6.47. The Morgan fingerprint density at radius 3 is 2.09 bits per heavy atom. The molecule has 0 aliphatic carbocycles. The molecule has 0 aromatic heterocycles. The number of esters is 1. The zero-order valence-electron chi connectivity index (χ0n) is 14.8. The number of rotatable bonds is 10. The van der Waals surface area contributed by atoms with Gasteiger partial charge in [-0.05, 0) is 12.3 Å². The molecule has 1 atom stereocenters. The monoisotopic (exact) mass is 313 g/mol. The fraction of sp³-hybridized carbons (Fsp3) is 0.824. The molecule has 22 heavy (non-hydrogen) atoms. The molecular formula is C17H31NO4. The predicted octanol–water partition coefficient (Wildman–Crippen LogP) is 2.82. The van der Waals surface area contributed by atoms with Gasteiger partial charge in [0.05, 0.1) is 6.54 Å². The van der Waals surface area contributed by atoms with Gasteiger partial charge in [0.2, 0.25) is 5.91 Å². The van der Waals surface area contributed by atoms with Gasteiger partial charge in [0, 0.05) is 32.2 Å². The van der Waals surface area contributed by atoms with Gasteiger partial charge in [-0.3, -0.25) is 14.4 Å². The van der Waals surface area contributed by atoms with Gasteiger partial charge in [-0.2, -0.15) is 0 Å². The van der Waals surface area contributed by atoms with Crippen LogP contribution in [0.15, 0.2) is 0 Å². The van der Waals surface area contributed by atoms with Crippen molar-refractivity contribution in [2.75, 3.05) is 13.1 Å². The van der Waals surface area contributed by atoms with E-state index in [2.05, 4.69) is 0 Å². The van der Waals surface area contributed by atoms with Crippen LogP contribution in [0.1, 0.15) is 60.8 Å². The third-order valence-corrected chi connectivity index (χ3v) is 3.31. The zero-order chi connectivity index (χ0) is 17.3. The van der Waals surface area contributed by atoms with Crippen LogP contribution in [0.25, 0.3) is 0 Å². The van der Waals surface area contributed by atoms with E-state index in [0.29, 0.717) is 38.3 Å². The van der Waals surface area contributed by atoms with Crippen LogP contribution >= 0.6 is 0 Å². The molecule has 0 saturated heterocycles. The molecule has 128 valence electrons. The van der Waals surface area contributed by atoms with E-state index in [4.69, 9.17) is 4.74 Å². The summed E-state index contributed by atoms with van der Waals surface area (Å²) in [5, 5.41) is 0. The van der Waals surface area contributed by atoms with Crippen LogP contribution in [0.2, 0.25) is 0 Å². The van der Waals surface area contributed by atoms with Gasteiger partial charge in [0.25, 0.3) is 0 Å². The van der Waals surface area contributed by atoms with Crippen LogP contribution in [0, 0.1) is 11.8 Å². The molecule has 0 aromatic rings. The molecule has 0 N–H and O–H groups in total. The first kappa shape index (κ1) is 20.6. The Morgan fingerprint density at radius 2 is 1.68 bits per heavy atom. The zero-order valence-corrected chi connectivity index (χ0v) is 14.8. The molecule has 0 heterocycles. The SMILES string of the molecule is CCC(CN(CCC(=O)CC(C)C)C(=O)C(C)C)OC(C)=O. The summed E-state index contributed by atoms with van der Waals surface area (Å²) in [6, 6.07) is 0. The van der Waals surface area contributed by atoms with Gasteiger partial charge in [0.1, 0.15) is 11.9 Å². The number of Topliss-reactive ketones (excluding diaryl/α,β-unsaturated/α-hetero) is 1. The van der Waals surface area contributed by atoms with E-state index in [9.17, 15) is 14.4 Å². The maximum atomic E-state index is 12.3. The lowest BCUT2D eigenvalue weighted by Crippen LogP contribution is -2.42. The van der Waals surface area contributed by atoms with E-state index < -0.39 is 0 Å². The van der Waals surface area contributed by atoms with Crippen molar-refractivity contribution >= 4 is 17.7 Å². The van der Waals surface area contributed by atoms with Crippen molar-refractivity contribution in [1.29, 1.82) is 0 Å². The molecular weight excluding hydrogens is 282 g/mol. The molecule has 5 heteroatoms. The highest BCUT2D eigenvalue weighted by atomic mass is 16.5. The summed E-state index contributed by atoms with van der Waals surface area (Å²) in [7, 11) is 0. The predicted molar refractivity (Wildman–Crippen MR) is 86.3 cm³/mol. The molecule has 0 saturated carbocycles. The largest absolute Gasteiger partial charge is 0.461 e. The van der Waals surface area contributed by atoms with Crippen molar-refractivity contribution in [2.24, 2.45) is 11.8 Å². The number of ketones is 1. The Kier molecular flexibility index (Phi) is 9.70. The molecule has 0 aromatic carbocycles. The lowest BCUT2D eigenvalue weighted by molar-refractivity contribution is -0.150. The van der Waals surface area contributed by atoms with Gasteiger partial charge in [-0.15, -0.1) is 0 Å². The van der Waals surface area contributed by atoms with Crippen LogP contribution in [0.4, 0.5) is 0 Å². The van der Waals surface area contributed by atoms with Crippen LogP contribution in [0.3, 0.4) is 0 Å². The summed E-state index contributed by atoms with van der Waals surface area (Å²) in [4.78, 5) is 36.9. The summed E-state index contributed by atoms with van der Waals surface area (Å²) < 4.78 is 5.21. The Morgan fingerprint density at radius 1 is 1.09 bits per heavy atom. The lowest BCUT2D eigenvalue weighted by Gasteiger charge is -2.28. The minimum atomic E-state index is -0.348. The van der Waals surface area contributed by atoms with Gasteiger partial charge in [0.15, 0.2) is 0 Å². The smallest absolute Gasteiger partial charge is 0.302 e. The normalized spacial score (nSPS) is 12.4. The molecule has 1 unspecified atom stereocenters. The maximum absolute atomic E-state index is 12.3. The summed E-state index contributed by atoms with van der Waals surface area (Å²) in [5.41, 5.74) is 0. The number of amides is 1. The maximum Gasteiger partial charge on any atom is 0.302 e. The first-order valence-corrected chi connectivity index (χ1v) is 8.15. The molecule has 0 radical (unpaired) electrons. The summed E-state index contributed by atoms with van der Waals surface area (Å²) in [6.07, 6.45) is 1.21. The highest BCUT2D eigenvalue weighted by Gasteiger charge is 2.22. The van der Waals surface area contributed by atoms with Crippen molar-refractivity contribution in [2.45, 2.75) is 66.9 Å². The van der Waals surface area contributed by atoms with Crippen molar-refractivity contribution in [3.63, 3.8) is 0 Å². The number of hydrogen-bond donors (Lipinski definition) is 0. The minimum absolute atomic E-state index is 0.0112. The molecule has 0 spiro atoms. The first-order valence-electron chi connectivity index (χ1n) is 8.15. The van der Waals surface area contributed by atoms with Gasteiger partial charge in [-0.25, -0.2) is 0 Å². The third-order valence-electron chi connectivity index (χ3n) is 3.31. The fourth-order valence-corrected chi connectivity index (χ4v) is 2.20. The number of carbonyl (C=O) groups is 3. The van der Waals surface area contributed by atoms with Gasteiger partial charge < -0.3 is 9.64 Å². The number of nitrogens with zero attached hydrogens (tertiary/aromatic N) is 1. The van der Waals surface area contributed by atoms with E-state index in [1.54, 1.807) is 4.90 Å². The lowest BCUT2D eigenvalue weighted by atomic mass is 10.0.